The van der Waals surface area contributed by atoms with Gasteiger partial charge in [0, 0.05) is 49.0 Å². The number of nitrogens with zero attached hydrogens (tertiary/aromatic N) is 2. The van der Waals surface area contributed by atoms with E-state index in [1.165, 1.54) is 0 Å². The van der Waals surface area contributed by atoms with Crippen LogP contribution in [0.2, 0.25) is 0 Å². The Morgan fingerprint density at radius 3 is 2.76 bits per heavy atom. The van der Waals surface area contributed by atoms with Gasteiger partial charge >= 0.3 is 0 Å². The zero-order valence-electron chi connectivity index (χ0n) is 18.9. The average molecular weight is 450 g/mol. The topological polar surface area (TPSA) is 104 Å². The van der Waals surface area contributed by atoms with Crippen molar-refractivity contribution in [3.05, 3.63) is 60.3 Å². The third-order valence-electron chi connectivity index (χ3n) is 5.95. The number of rotatable bonds is 9. The van der Waals surface area contributed by atoms with Gasteiger partial charge in [0.25, 0.3) is 0 Å². The van der Waals surface area contributed by atoms with E-state index in [4.69, 9.17) is 10.5 Å². The smallest absolute Gasteiger partial charge is 0.241 e. The Balaban J connectivity index is 1.31. The summed E-state index contributed by atoms with van der Waals surface area (Å²) < 4.78 is 5.39. The number of nitrogens with two attached hydrogens (primary N) is 1. The van der Waals surface area contributed by atoms with Crippen molar-refractivity contribution in [1.29, 1.82) is 0 Å². The number of anilines is 2. The monoisotopic (exact) mass is 449 g/mol. The molecule has 2 amide bonds. The molecule has 1 atom stereocenters. The molecule has 0 spiro atoms. The zero-order valence-corrected chi connectivity index (χ0v) is 18.9. The highest BCUT2D eigenvalue weighted by Gasteiger charge is 2.25. The first kappa shape index (κ1) is 23.0. The second kappa shape index (κ2) is 10.6. The number of hydrogen-bond acceptors (Lipinski definition) is 5. The van der Waals surface area contributed by atoms with Crippen molar-refractivity contribution in [2.24, 2.45) is 5.73 Å². The molecule has 1 aliphatic rings. The maximum absolute atomic E-state index is 12.7. The molecular weight excluding hydrogens is 418 g/mol. The summed E-state index contributed by atoms with van der Waals surface area (Å²) >= 11 is 0. The lowest BCUT2D eigenvalue weighted by Gasteiger charge is -2.34. The molecule has 1 aromatic heterocycles. The number of hydrogen-bond donors (Lipinski definition) is 3. The Kier molecular flexibility index (Phi) is 7.39. The molecule has 4 N–H and O–H groups in total. The SMILES string of the molecule is CCOCCN1CCN(c2ccc(C[C@H](N)C(=O)Nc3cccc4[nH]ccc34)cc2)C(=O)C1. The van der Waals surface area contributed by atoms with Crippen LogP contribution in [0, 0.1) is 0 Å². The van der Waals surface area contributed by atoms with Crippen LogP contribution in [0.4, 0.5) is 11.4 Å². The van der Waals surface area contributed by atoms with Crippen molar-refractivity contribution in [1.82, 2.24) is 9.88 Å². The highest BCUT2D eigenvalue weighted by Crippen LogP contribution is 2.23. The van der Waals surface area contributed by atoms with Crippen molar-refractivity contribution >= 4 is 34.1 Å². The first-order valence-electron chi connectivity index (χ1n) is 11.4. The number of benzene rings is 2. The summed E-state index contributed by atoms with van der Waals surface area (Å²) in [6.45, 7) is 5.94. The molecule has 8 heteroatoms. The van der Waals surface area contributed by atoms with Gasteiger partial charge in [0.05, 0.1) is 24.9 Å². The van der Waals surface area contributed by atoms with Gasteiger partial charge in [-0.05, 0) is 49.2 Å². The van der Waals surface area contributed by atoms with E-state index >= 15 is 0 Å². The van der Waals surface area contributed by atoms with E-state index in [1.54, 1.807) is 0 Å². The fraction of sp³-hybridized carbons (Fsp3) is 0.360. The van der Waals surface area contributed by atoms with Gasteiger partial charge in [0.15, 0.2) is 0 Å². The van der Waals surface area contributed by atoms with E-state index in [0.29, 0.717) is 32.7 Å². The standard InChI is InChI=1S/C25H31N5O3/c1-2-33-15-14-29-12-13-30(24(31)17-29)19-8-6-18(7-9-19)16-21(26)25(32)28-23-5-3-4-22-20(23)10-11-27-22/h3-11,21,27H,2,12-17,26H2,1H3,(H,28,32)/t21-/m0/s1. The number of aromatic amines is 1. The third kappa shape index (κ3) is 5.60. The van der Waals surface area contributed by atoms with E-state index in [1.807, 2.05) is 66.6 Å². The number of ether oxygens (including phenoxy) is 1. The summed E-state index contributed by atoms with van der Waals surface area (Å²) in [4.78, 5) is 32.3. The van der Waals surface area contributed by atoms with Gasteiger partial charge in [-0.3, -0.25) is 14.5 Å². The van der Waals surface area contributed by atoms with Crippen LogP contribution in [0.15, 0.2) is 54.7 Å². The van der Waals surface area contributed by atoms with Gasteiger partial charge in [-0.2, -0.15) is 0 Å². The van der Waals surface area contributed by atoms with E-state index in [2.05, 4.69) is 15.2 Å². The molecule has 8 nitrogen and oxygen atoms in total. The molecular formula is C25H31N5O3. The minimum atomic E-state index is -0.680. The molecule has 0 bridgehead atoms. The Morgan fingerprint density at radius 2 is 2.00 bits per heavy atom. The highest BCUT2D eigenvalue weighted by molar-refractivity contribution is 6.03. The van der Waals surface area contributed by atoms with E-state index in [9.17, 15) is 9.59 Å². The van der Waals surface area contributed by atoms with Crippen molar-refractivity contribution in [3.63, 3.8) is 0 Å². The number of amides is 2. The molecule has 4 rings (SSSR count). The van der Waals surface area contributed by atoms with Crippen LogP contribution >= 0.6 is 0 Å². The number of piperazine rings is 1. The Morgan fingerprint density at radius 1 is 1.18 bits per heavy atom. The number of aromatic nitrogens is 1. The Bertz CT molecular complexity index is 1090. The molecule has 0 aliphatic carbocycles. The Labute approximate surface area is 193 Å². The van der Waals surface area contributed by atoms with Gasteiger partial charge in [0.2, 0.25) is 11.8 Å². The van der Waals surface area contributed by atoms with Gasteiger partial charge in [-0.15, -0.1) is 0 Å². The zero-order chi connectivity index (χ0) is 23.2. The van der Waals surface area contributed by atoms with Crippen LogP contribution in [0.25, 0.3) is 10.9 Å². The minimum Gasteiger partial charge on any atom is -0.380 e. The first-order valence-corrected chi connectivity index (χ1v) is 11.4. The highest BCUT2D eigenvalue weighted by atomic mass is 16.5. The predicted octanol–water partition coefficient (Wildman–Crippen LogP) is 2.36. The number of carbonyl (C=O) groups is 2. The molecule has 1 aliphatic heterocycles. The maximum atomic E-state index is 12.7. The quantitative estimate of drug-likeness (QED) is 0.435. The first-order chi connectivity index (χ1) is 16.0. The molecule has 174 valence electrons. The molecule has 1 saturated heterocycles. The molecule has 0 saturated carbocycles. The molecule has 0 unspecified atom stereocenters. The lowest BCUT2D eigenvalue weighted by Crippen LogP contribution is -2.51. The average Bonchev–Trinajstić information content (AvgIpc) is 3.30. The summed E-state index contributed by atoms with van der Waals surface area (Å²) in [5, 5.41) is 3.88. The lowest BCUT2D eigenvalue weighted by molar-refractivity contribution is -0.121. The van der Waals surface area contributed by atoms with Crippen LogP contribution in [0.5, 0.6) is 0 Å². The van der Waals surface area contributed by atoms with Crippen molar-refractivity contribution < 1.29 is 14.3 Å². The van der Waals surface area contributed by atoms with Gasteiger partial charge < -0.3 is 25.7 Å². The minimum absolute atomic E-state index is 0.0838. The summed E-state index contributed by atoms with van der Waals surface area (Å²) in [6.07, 6.45) is 2.25. The summed E-state index contributed by atoms with van der Waals surface area (Å²) in [5.41, 5.74) is 9.70. The van der Waals surface area contributed by atoms with E-state index in [-0.39, 0.29) is 11.8 Å². The van der Waals surface area contributed by atoms with Crippen molar-refractivity contribution in [2.45, 2.75) is 19.4 Å². The summed E-state index contributed by atoms with van der Waals surface area (Å²) in [7, 11) is 0. The van der Waals surface area contributed by atoms with Crippen LogP contribution in [-0.4, -0.2) is 67.1 Å². The van der Waals surface area contributed by atoms with Crippen LogP contribution < -0.4 is 16.0 Å². The van der Waals surface area contributed by atoms with E-state index < -0.39 is 6.04 Å². The number of nitrogens with one attached hydrogen (secondary N) is 2. The number of H-pyrrole nitrogens is 1. The van der Waals surface area contributed by atoms with Gasteiger partial charge in [-0.25, -0.2) is 0 Å². The molecule has 33 heavy (non-hydrogen) atoms. The molecule has 0 radical (unpaired) electrons. The predicted molar refractivity (Wildman–Crippen MR) is 130 cm³/mol. The Hall–Kier alpha value is -3.20. The largest absolute Gasteiger partial charge is 0.380 e. The molecule has 2 heterocycles. The van der Waals surface area contributed by atoms with Gasteiger partial charge in [0.1, 0.15) is 0 Å². The van der Waals surface area contributed by atoms with E-state index in [0.717, 1.165) is 40.9 Å². The lowest BCUT2D eigenvalue weighted by atomic mass is 10.0. The maximum Gasteiger partial charge on any atom is 0.241 e. The normalized spacial score (nSPS) is 15.7. The van der Waals surface area contributed by atoms with Crippen LogP contribution in [0.3, 0.4) is 0 Å². The third-order valence-corrected chi connectivity index (χ3v) is 5.95. The fourth-order valence-electron chi connectivity index (χ4n) is 4.10. The van der Waals surface area contributed by atoms with Crippen molar-refractivity contribution in [3.8, 4) is 0 Å². The fourth-order valence-corrected chi connectivity index (χ4v) is 4.10. The number of fused-ring (bicyclic) bond motifs is 1. The second-order valence-corrected chi connectivity index (χ2v) is 8.23. The van der Waals surface area contributed by atoms with Crippen molar-refractivity contribution in [2.75, 3.05) is 49.6 Å². The summed E-state index contributed by atoms with van der Waals surface area (Å²) in [6, 6.07) is 14.7. The number of carbonyl (C=O) groups excluding carboxylic acids is 2. The van der Waals surface area contributed by atoms with Crippen LogP contribution in [0.1, 0.15) is 12.5 Å². The summed E-state index contributed by atoms with van der Waals surface area (Å²) in [5.74, 6) is -0.147. The second-order valence-electron chi connectivity index (χ2n) is 8.23. The molecule has 1 fully saturated rings. The van der Waals surface area contributed by atoms with Crippen LogP contribution in [-0.2, 0) is 20.7 Å². The van der Waals surface area contributed by atoms with Gasteiger partial charge in [-0.1, -0.05) is 18.2 Å². The molecule has 3 aromatic rings. The molecule has 2 aromatic carbocycles.